The topological polar surface area (TPSA) is 150 Å². The second-order valence-corrected chi connectivity index (χ2v) is 20.0. The van der Waals surface area contributed by atoms with E-state index < -0.39 is 29.1 Å². The van der Waals surface area contributed by atoms with Crippen molar-refractivity contribution in [3.8, 4) is 0 Å². The summed E-state index contributed by atoms with van der Waals surface area (Å²) in [7, 11) is 2.18. The number of fused-ring (bicyclic) bond motifs is 1. The smallest absolute Gasteiger partial charge is 0.255 e. The zero-order valence-electron chi connectivity index (χ0n) is 38.0. The lowest BCUT2D eigenvalue weighted by atomic mass is 9.82. The van der Waals surface area contributed by atoms with E-state index in [9.17, 15) is 19.2 Å². The Morgan fingerprint density at radius 3 is 2.28 bits per heavy atom. The van der Waals surface area contributed by atoms with Gasteiger partial charge in [0.15, 0.2) is 0 Å². The highest BCUT2D eigenvalue weighted by Gasteiger charge is 2.43. The Hall–Kier alpha value is -5.42. The normalized spacial score (nSPS) is 22.7. The number of imide groups is 1. The van der Waals surface area contributed by atoms with Crippen LogP contribution in [-0.2, 0) is 27.5 Å². The Labute approximate surface area is 380 Å². The van der Waals surface area contributed by atoms with Crippen molar-refractivity contribution in [3.05, 3.63) is 71.1 Å². The van der Waals surface area contributed by atoms with Gasteiger partial charge in [0.05, 0.1) is 17.8 Å². The van der Waals surface area contributed by atoms with Crippen LogP contribution in [0.25, 0.3) is 0 Å². The van der Waals surface area contributed by atoms with Gasteiger partial charge in [0.25, 0.3) is 5.91 Å². The molecule has 9 rings (SSSR count). The van der Waals surface area contributed by atoms with Gasteiger partial charge in [-0.3, -0.25) is 29.4 Å². The molecule has 2 aromatic carbocycles. The highest BCUT2D eigenvalue weighted by Crippen LogP contribution is 2.36. The lowest BCUT2D eigenvalue weighted by Gasteiger charge is -2.48. The highest BCUT2D eigenvalue weighted by atomic mass is 19.1. The number of likely N-dealkylation sites (tertiary alicyclic amines) is 1. The van der Waals surface area contributed by atoms with E-state index in [0.29, 0.717) is 69.2 Å². The number of rotatable bonds is 12. The number of aromatic nitrogens is 2. The molecule has 0 saturated carbocycles. The fourth-order valence-electron chi connectivity index (χ4n) is 10.8. The van der Waals surface area contributed by atoms with Gasteiger partial charge in [-0.1, -0.05) is 19.9 Å². The van der Waals surface area contributed by atoms with Crippen LogP contribution in [0.3, 0.4) is 0 Å². The molecule has 15 nitrogen and oxygen atoms in total. The SMILES string of the molecule is CN(CCCNc1cccc2c1CN(C1CCC(=O)NC1=O)C2=O)C1CCN(c2cc(N3CCC4(CC3)CN(c3cc(F)c(CN5CCC(C)(C)CC5)cc3F)CC(=O)N4)ncn2)CC1. The summed E-state index contributed by atoms with van der Waals surface area (Å²) in [4.78, 5) is 72.3. The monoisotopic (exact) mass is 896 g/mol. The maximum atomic E-state index is 15.7. The van der Waals surface area contributed by atoms with E-state index in [0.717, 1.165) is 94.3 Å². The molecule has 65 heavy (non-hydrogen) atoms. The Kier molecular flexibility index (Phi) is 12.7. The van der Waals surface area contributed by atoms with E-state index in [1.165, 1.54) is 12.1 Å². The van der Waals surface area contributed by atoms with Gasteiger partial charge in [-0.25, -0.2) is 18.7 Å². The minimum Gasteiger partial charge on any atom is -0.385 e. The fraction of sp³-hybridized carbons (Fsp3) is 0.583. The molecule has 6 aliphatic rings. The Bertz CT molecular complexity index is 2290. The number of halogens is 2. The van der Waals surface area contributed by atoms with Crippen molar-refractivity contribution in [2.75, 3.05) is 92.5 Å². The number of amides is 4. The van der Waals surface area contributed by atoms with Crippen LogP contribution in [-0.4, -0.2) is 138 Å². The molecule has 17 heteroatoms. The maximum absolute atomic E-state index is 15.7. The van der Waals surface area contributed by atoms with E-state index in [1.54, 1.807) is 22.2 Å². The molecule has 1 unspecified atom stereocenters. The molecule has 0 aliphatic carbocycles. The molecule has 7 heterocycles. The van der Waals surface area contributed by atoms with E-state index in [2.05, 4.69) is 72.5 Å². The summed E-state index contributed by atoms with van der Waals surface area (Å²) in [5.41, 5.74) is 2.62. The standard InChI is InChI=1S/C48H63F2N11O4/c1-47(2)12-20-57(21-13-47)27-32-24-37(50)40(25-36(32)49)60-29-44(63)55-48(30-60)14-22-59(23-15-48)42-26-41(52-31-53-42)58-18-10-33(11-19-58)56(3)17-5-16-51-38-7-4-6-34-35(38)28-61(46(34)65)39-8-9-43(62)54-45(39)64/h4,6-7,24-26,31,33,39,51H,5,8-23,27-30H2,1-3H3,(H,55,63)(H,54,62,64). The van der Waals surface area contributed by atoms with Crippen molar-refractivity contribution in [2.45, 2.75) is 102 Å². The minimum absolute atomic E-state index is 0.0167. The molecular weight excluding hydrogens is 833 g/mol. The third-order valence-electron chi connectivity index (χ3n) is 15.0. The van der Waals surface area contributed by atoms with E-state index in [-0.39, 0.29) is 41.8 Å². The first-order valence-electron chi connectivity index (χ1n) is 23.5. The number of carbonyl (C=O) groups excluding carboxylic acids is 4. The molecule has 5 fully saturated rings. The van der Waals surface area contributed by atoms with Crippen LogP contribution in [0, 0.1) is 17.0 Å². The van der Waals surface area contributed by atoms with Gasteiger partial charge in [0.2, 0.25) is 17.7 Å². The quantitative estimate of drug-likeness (QED) is 0.174. The number of carbonyl (C=O) groups is 4. The minimum atomic E-state index is -0.636. The third-order valence-corrected chi connectivity index (χ3v) is 15.0. The summed E-state index contributed by atoms with van der Waals surface area (Å²) in [5, 5.41) is 9.13. The second-order valence-electron chi connectivity index (χ2n) is 20.0. The zero-order chi connectivity index (χ0) is 45.5. The molecular formula is C48H63F2N11O4. The second kappa shape index (κ2) is 18.5. The first-order valence-corrected chi connectivity index (χ1v) is 23.5. The molecule has 0 bridgehead atoms. The number of nitrogens with zero attached hydrogens (tertiary/aromatic N) is 8. The molecule has 3 aromatic rings. The zero-order valence-corrected chi connectivity index (χ0v) is 38.0. The van der Waals surface area contributed by atoms with Crippen molar-refractivity contribution in [3.63, 3.8) is 0 Å². The number of hydrogen-bond donors (Lipinski definition) is 3. The van der Waals surface area contributed by atoms with Gasteiger partial charge in [0.1, 0.15) is 35.6 Å². The number of hydrogen-bond acceptors (Lipinski definition) is 12. The van der Waals surface area contributed by atoms with E-state index in [4.69, 9.17) is 0 Å². The van der Waals surface area contributed by atoms with Crippen LogP contribution in [0.4, 0.5) is 31.8 Å². The Morgan fingerprint density at radius 1 is 0.831 bits per heavy atom. The van der Waals surface area contributed by atoms with Crippen molar-refractivity contribution < 1.29 is 28.0 Å². The molecule has 3 N–H and O–H groups in total. The number of nitrogens with one attached hydrogen (secondary N) is 3. The van der Waals surface area contributed by atoms with Gasteiger partial charge >= 0.3 is 0 Å². The van der Waals surface area contributed by atoms with Crippen LogP contribution in [0.1, 0.15) is 93.1 Å². The largest absolute Gasteiger partial charge is 0.385 e. The third kappa shape index (κ3) is 9.77. The predicted molar refractivity (Wildman–Crippen MR) is 245 cm³/mol. The Balaban J connectivity index is 0.731. The first kappa shape index (κ1) is 44.8. The van der Waals surface area contributed by atoms with Crippen molar-refractivity contribution >= 4 is 46.6 Å². The van der Waals surface area contributed by atoms with E-state index in [1.807, 2.05) is 12.1 Å². The van der Waals surface area contributed by atoms with Crippen molar-refractivity contribution in [1.82, 2.24) is 35.3 Å². The Morgan fingerprint density at radius 2 is 1.55 bits per heavy atom. The molecule has 1 aromatic heterocycles. The summed E-state index contributed by atoms with van der Waals surface area (Å²) in [6.45, 7) is 12.0. The molecule has 6 aliphatic heterocycles. The number of piperazine rings is 1. The molecule has 1 atom stereocenters. The fourth-order valence-corrected chi connectivity index (χ4v) is 10.8. The molecule has 348 valence electrons. The van der Waals surface area contributed by atoms with Crippen molar-refractivity contribution in [1.29, 1.82) is 0 Å². The van der Waals surface area contributed by atoms with Crippen LogP contribution in [0.2, 0.25) is 0 Å². The van der Waals surface area contributed by atoms with Gasteiger partial charge in [-0.2, -0.15) is 0 Å². The molecule has 4 amide bonds. The van der Waals surface area contributed by atoms with Gasteiger partial charge in [-0.05, 0) is 102 Å². The first-order chi connectivity index (χ1) is 31.2. The lowest BCUT2D eigenvalue weighted by molar-refractivity contribution is -0.137. The average Bonchev–Trinajstić information content (AvgIpc) is 3.63. The number of benzene rings is 2. The maximum Gasteiger partial charge on any atom is 0.255 e. The number of piperidine rings is 4. The van der Waals surface area contributed by atoms with E-state index >= 15 is 8.78 Å². The van der Waals surface area contributed by atoms with Crippen LogP contribution in [0.15, 0.2) is 42.7 Å². The summed E-state index contributed by atoms with van der Waals surface area (Å²) in [5.74, 6) is -0.247. The number of anilines is 4. The van der Waals surface area contributed by atoms with Gasteiger partial charge in [0, 0.05) is 99.3 Å². The van der Waals surface area contributed by atoms with Crippen LogP contribution in [0.5, 0.6) is 0 Å². The van der Waals surface area contributed by atoms with Crippen molar-refractivity contribution in [2.24, 2.45) is 5.41 Å². The summed E-state index contributed by atoms with van der Waals surface area (Å²) in [6.07, 6.45) is 8.46. The summed E-state index contributed by atoms with van der Waals surface area (Å²) < 4.78 is 31.2. The average molecular weight is 896 g/mol. The highest BCUT2D eigenvalue weighted by molar-refractivity contribution is 6.06. The molecule has 0 radical (unpaired) electrons. The van der Waals surface area contributed by atoms with Crippen LogP contribution < -0.4 is 30.7 Å². The molecule has 1 spiro atoms. The predicted octanol–water partition coefficient (Wildman–Crippen LogP) is 4.52. The molecule has 5 saturated heterocycles. The van der Waals surface area contributed by atoms with Gasteiger partial charge < -0.3 is 35.1 Å². The summed E-state index contributed by atoms with van der Waals surface area (Å²) >= 11 is 0. The van der Waals surface area contributed by atoms with Gasteiger partial charge in [-0.15, -0.1) is 0 Å². The summed E-state index contributed by atoms with van der Waals surface area (Å²) in [6, 6.07) is 10.1. The van der Waals surface area contributed by atoms with Crippen LogP contribution >= 0.6 is 0 Å². The lowest BCUT2D eigenvalue weighted by Crippen LogP contribution is -2.66.